The van der Waals surface area contributed by atoms with Crippen LogP contribution in [0.5, 0.6) is 0 Å². The predicted molar refractivity (Wildman–Crippen MR) is 143 cm³/mol. The number of nitro groups is 1. The molecule has 7 nitrogen and oxygen atoms in total. The summed E-state index contributed by atoms with van der Waals surface area (Å²) in [6, 6.07) is 17.9. The highest BCUT2D eigenvalue weighted by atomic mass is 19.4. The number of benzene rings is 3. The summed E-state index contributed by atoms with van der Waals surface area (Å²) >= 11 is 0. The molecule has 204 valence electrons. The molecule has 0 saturated carbocycles. The van der Waals surface area contributed by atoms with Crippen molar-refractivity contribution in [3.05, 3.63) is 105 Å². The van der Waals surface area contributed by atoms with Crippen molar-refractivity contribution in [3.63, 3.8) is 0 Å². The Kier molecular flexibility index (Phi) is 7.33. The molecule has 1 aliphatic rings. The van der Waals surface area contributed by atoms with Gasteiger partial charge in [0, 0.05) is 48.2 Å². The van der Waals surface area contributed by atoms with E-state index in [1.807, 2.05) is 24.4 Å². The second-order valence-electron chi connectivity index (χ2n) is 10.3. The number of anilines is 1. The number of nitrogens with one attached hydrogen (secondary N) is 2. The van der Waals surface area contributed by atoms with Crippen molar-refractivity contribution in [3.8, 4) is 0 Å². The average Bonchev–Trinajstić information content (AvgIpc) is 3.51. The van der Waals surface area contributed by atoms with Crippen LogP contribution >= 0.6 is 0 Å². The molecule has 1 aromatic heterocycles. The van der Waals surface area contributed by atoms with Crippen LogP contribution in [0.4, 0.5) is 24.5 Å². The predicted octanol–water partition coefficient (Wildman–Crippen LogP) is 6.13. The number of aromatic nitrogens is 1. The summed E-state index contributed by atoms with van der Waals surface area (Å²) in [6.07, 6.45) is -1.11. The zero-order chi connectivity index (χ0) is 27.6. The van der Waals surface area contributed by atoms with Crippen LogP contribution in [-0.4, -0.2) is 39.5 Å². The van der Waals surface area contributed by atoms with Crippen molar-refractivity contribution in [2.24, 2.45) is 5.41 Å². The summed E-state index contributed by atoms with van der Waals surface area (Å²) in [6.45, 7) is 2.26. The first-order valence-corrected chi connectivity index (χ1v) is 12.7. The van der Waals surface area contributed by atoms with Gasteiger partial charge in [-0.05, 0) is 60.3 Å². The number of aliphatic hydroxyl groups is 1. The minimum atomic E-state index is -4.40. The first kappa shape index (κ1) is 26.7. The van der Waals surface area contributed by atoms with Gasteiger partial charge in [0.25, 0.3) is 5.69 Å². The Morgan fingerprint density at radius 2 is 1.82 bits per heavy atom. The molecular formula is C29H29F3N4O3. The third-order valence-corrected chi connectivity index (χ3v) is 7.54. The Balaban J connectivity index is 1.39. The van der Waals surface area contributed by atoms with E-state index in [4.69, 9.17) is 0 Å². The Morgan fingerprint density at radius 1 is 1.08 bits per heavy atom. The number of rotatable bonds is 9. The summed E-state index contributed by atoms with van der Waals surface area (Å²) in [4.78, 5) is 16.8. The standard InChI is InChI=1S/C29H29F3N4O3/c30-29(31,32)23-8-5-20(6-9-23)14-28(18-34-26-10-7-21(17-37)13-27(26)36(38)39)11-12-35(19-28)16-22-15-33-25-4-2-1-3-24(22)25/h1-10,13,15,33-34,37H,11-12,14,16-19H2. The van der Waals surface area contributed by atoms with Gasteiger partial charge < -0.3 is 15.4 Å². The third kappa shape index (κ3) is 5.91. The fraction of sp³-hybridized carbons (Fsp3) is 0.310. The van der Waals surface area contributed by atoms with Crippen LogP contribution in [0.1, 0.15) is 28.7 Å². The maximum Gasteiger partial charge on any atom is 0.416 e. The summed E-state index contributed by atoms with van der Waals surface area (Å²) in [5, 5.41) is 25.5. The Morgan fingerprint density at radius 3 is 2.54 bits per heavy atom. The highest BCUT2D eigenvalue weighted by Crippen LogP contribution is 2.38. The molecule has 0 spiro atoms. The molecule has 5 rings (SSSR count). The van der Waals surface area contributed by atoms with E-state index in [9.17, 15) is 28.4 Å². The molecule has 0 amide bonds. The van der Waals surface area contributed by atoms with E-state index in [0.29, 0.717) is 37.3 Å². The van der Waals surface area contributed by atoms with Gasteiger partial charge in [0.2, 0.25) is 0 Å². The molecule has 0 aliphatic carbocycles. The number of H-pyrrole nitrogens is 1. The van der Waals surface area contributed by atoms with Crippen molar-refractivity contribution in [1.82, 2.24) is 9.88 Å². The molecule has 10 heteroatoms. The van der Waals surface area contributed by atoms with Crippen molar-refractivity contribution in [2.45, 2.75) is 32.2 Å². The molecular weight excluding hydrogens is 509 g/mol. The molecule has 1 unspecified atom stereocenters. The zero-order valence-corrected chi connectivity index (χ0v) is 21.2. The number of fused-ring (bicyclic) bond motifs is 1. The molecule has 3 aromatic carbocycles. The van der Waals surface area contributed by atoms with Crippen molar-refractivity contribution >= 4 is 22.3 Å². The fourth-order valence-corrected chi connectivity index (χ4v) is 5.52. The number of alkyl halides is 3. The van der Waals surface area contributed by atoms with Crippen LogP contribution in [0.25, 0.3) is 10.9 Å². The van der Waals surface area contributed by atoms with Gasteiger partial charge in [-0.2, -0.15) is 13.2 Å². The highest BCUT2D eigenvalue weighted by molar-refractivity contribution is 5.83. The van der Waals surface area contributed by atoms with Gasteiger partial charge in [-0.1, -0.05) is 36.4 Å². The second kappa shape index (κ2) is 10.7. The number of aromatic amines is 1. The van der Waals surface area contributed by atoms with Crippen LogP contribution in [0.3, 0.4) is 0 Å². The smallest absolute Gasteiger partial charge is 0.392 e. The Hall–Kier alpha value is -3.89. The number of nitro benzene ring substituents is 1. The Bertz CT molecular complexity index is 1470. The van der Waals surface area contributed by atoms with Crippen LogP contribution < -0.4 is 5.32 Å². The summed E-state index contributed by atoms with van der Waals surface area (Å²) in [7, 11) is 0. The topological polar surface area (TPSA) is 94.4 Å². The van der Waals surface area contributed by atoms with E-state index in [1.54, 1.807) is 12.1 Å². The molecule has 4 aromatic rings. The number of hydrogen-bond donors (Lipinski definition) is 3. The summed E-state index contributed by atoms with van der Waals surface area (Å²) in [5.74, 6) is 0. The number of hydrogen-bond acceptors (Lipinski definition) is 5. The average molecular weight is 539 g/mol. The monoisotopic (exact) mass is 538 g/mol. The van der Waals surface area contributed by atoms with E-state index in [0.717, 1.165) is 41.6 Å². The SMILES string of the molecule is O=[N+]([O-])c1cc(CO)ccc1NCC1(Cc2ccc(C(F)(F)F)cc2)CCN(Cc2c[nH]c3ccccc23)C1. The lowest BCUT2D eigenvalue weighted by molar-refractivity contribution is -0.384. The number of nitrogens with zero attached hydrogens (tertiary/aromatic N) is 2. The minimum absolute atomic E-state index is 0.125. The summed E-state index contributed by atoms with van der Waals surface area (Å²) < 4.78 is 39.4. The second-order valence-corrected chi connectivity index (χ2v) is 10.3. The largest absolute Gasteiger partial charge is 0.416 e. The number of likely N-dealkylation sites (tertiary alicyclic amines) is 1. The number of aliphatic hydroxyl groups excluding tert-OH is 1. The number of para-hydroxylation sites is 1. The molecule has 1 atom stereocenters. The molecule has 1 fully saturated rings. The maximum absolute atomic E-state index is 13.1. The van der Waals surface area contributed by atoms with Crippen LogP contribution in [-0.2, 0) is 25.7 Å². The van der Waals surface area contributed by atoms with E-state index in [-0.39, 0.29) is 17.7 Å². The van der Waals surface area contributed by atoms with Crippen LogP contribution in [0, 0.1) is 15.5 Å². The van der Waals surface area contributed by atoms with Gasteiger partial charge in [-0.25, -0.2) is 0 Å². The molecule has 1 saturated heterocycles. The molecule has 0 bridgehead atoms. The van der Waals surface area contributed by atoms with E-state index < -0.39 is 16.7 Å². The van der Waals surface area contributed by atoms with Gasteiger partial charge >= 0.3 is 6.18 Å². The molecule has 2 heterocycles. The first-order chi connectivity index (χ1) is 18.7. The normalized spacial score (nSPS) is 18.1. The zero-order valence-electron chi connectivity index (χ0n) is 21.2. The van der Waals surface area contributed by atoms with E-state index in [2.05, 4.69) is 21.3 Å². The first-order valence-electron chi connectivity index (χ1n) is 12.7. The number of halogens is 3. The van der Waals surface area contributed by atoms with E-state index in [1.165, 1.54) is 23.8 Å². The van der Waals surface area contributed by atoms with Crippen LogP contribution in [0.2, 0.25) is 0 Å². The van der Waals surface area contributed by atoms with Crippen molar-refractivity contribution in [1.29, 1.82) is 0 Å². The fourth-order valence-electron chi connectivity index (χ4n) is 5.52. The van der Waals surface area contributed by atoms with Gasteiger partial charge in [-0.3, -0.25) is 15.0 Å². The highest BCUT2D eigenvalue weighted by Gasteiger charge is 2.39. The van der Waals surface area contributed by atoms with Gasteiger partial charge in [0.1, 0.15) is 5.69 Å². The molecule has 1 aliphatic heterocycles. The molecule has 39 heavy (non-hydrogen) atoms. The maximum atomic E-state index is 13.1. The van der Waals surface area contributed by atoms with E-state index >= 15 is 0 Å². The lowest BCUT2D eigenvalue weighted by Crippen LogP contribution is -2.35. The minimum Gasteiger partial charge on any atom is -0.392 e. The third-order valence-electron chi connectivity index (χ3n) is 7.54. The lowest BCUT2D eigenvalue weighted by Gasteiger charge is -2.31. The van der Waals surface area contributed by atoms with Gasteiger partial charge in [0.05, 0.1) is 17.1 Å². The van der Waals surface area contributed by atoms with Crippen LogP contribution in [0.15, 0.2) is 72.9 Å². The van der Waals surface area contributed by atoms with Gasteiger partial charge in [0.15, 0.2) is 0 Å². The Labute approximate surface area is 223 Å². The molecule has 3 N–H and O–H groups in total. The lowest BCUT2D eigenvalue weighted by atomic mass is 9.80. The van der Waals surface area contributed by atoms with Gasteiger partial charge in [-0.15, -0.1) is 0 Å². The van der Waals surface area contributed by atoms with Crippen molar-refractivity contribution in [2.75, 3.05) is 25.0 Å². The molecule has 0 radical (unpaired) electrons. The summed E-state index contributed by atoms with van der Waals surface area (Å²) in [5.41, 5.74) is 2.61. The quantitative estimate of drug-likeness (QED) is 0.176. The van der Waals surface area contributed by atoms with Crippen molar-refractivity contribution < 1.29 is 23.2 Å².